The minimum atomic E-state index is -0.368. The summed E-state index contributed by atoms with van der Waals surface area (Å²) in [6.45, 7) is 0.759. The molecule has 8 heteroatoms. The lowest BCUT2D eigenvalue weighted by Crippen LogP contribution is -2.18. The molecule has 0 bridgehead atoms. The van der Waals surface area contributed by atoms with Crippen molar-refractivity contribution in [2.24, 2.45) is 4.99 Å². The Bertz CT molecular complexity index is 1060. The van der Waals surface area contributed by atoms with Gasteiger partial charge in [-0.25, -0.2) is 0 Å². The van der Waals surface area contributed by atoms with Gasteiger partial charge in [-0.1, -0.05) is 11.3 Å². The zero-order chi connectivity index (χ0) is 20.1. The molecule has 0 aliphatic rings. The Hall–Kier alpha value is -2.45. The zero-order valence-corrected chi connectivity index (χ0v) is 17.9. The third-order valence-corrected chi connectivity index (χ3v) is 5.88. The number of fused-ring (bicyclic) bond motifs is 1. The minimum absolute atomic E-state index is 0.368. The number of hydrogen-bond acceptors (Lipinski definition) is 6. The maximum absolute atomic E-state index is 12.9. The molecule has 0 aliphatic heterocycles. The smallest absolute Gasteiger partial charge is 0.283 e. The second-order valence-electron chi connectivity index (χ2n) is 5.85. The van der Waals surface area contributed by atoms with Crippen LogP contribution in [-0.4, -0.2) is 43.8 Å². The molecule has 0 saturated heterocycles. The Balaban J connectivity index is 2.13. The number of nitrogens with zero attached hydrogens (tertiary/aromatic N) is 2. The Morgan fingerprint density at radius 2 is 1.79 bits per heavy atom. The molecule has 0 radical (unpaired) electrons. The molecule has 1 amide bonds. The molecule has 0 N–H and O–H groups in total. The number of ether oxygens (including phenoxy) is 3. The molecule has 0 aliphatic carbocycles. The van der Waals surface area contributed by atoms with Gasteiger partial charge in [0.15, 0.2) is 4.80 Å². The molecule has 0 unspecified atom stereocenters. The fourth-order valence-electron chi connectivity index (χ4n) is 2.79. The molecule has 0 atom stereocenters. The summed E-state index contributed by atoms with van der Waals surface area (Å²) in [5.74, 6) is 2.37. The van der Waals surface area contributed by atoms with E-state index in [0.717, 1.165) is 28.3 Å². The molecule has 28 heavy (non-hydrogen) atoms. The third-order valence-electron chi connectivity index (χ3n) is 4.24. The number of thiazole rings is 1. The Morgan fingerprint density at radius 1 is 1.07 bits per heavy atom. The lowest BCUT2D eigenvalue weighted by molar-refractivity contribution is 0.0994. The Labute approximate surface area is 171 Å². The summed E-state index contributed by atoms with van der Waals surface area (Å²) >= 11 is 3.21. The molecular weight excluding hydrogens is 396 g/mol. The second-order valence-corrected chi connectivity index (χ2v) is 7.84. The lowest BCUT2D eigenvalue weighted by Gasteiger charge is -2.08. The molecule has 148 valence electrons. The van der Waals surface area contributed by atoms with Gasteiger partial charge in [0.05, 0.1) is 37.1 Å². The van der Waals surface area contributed by atoms with E-state index in [0.29, 0.717) is 21.9 Å². The number of amides is 1. The predicted octanol–water partition coefficient (Wildman–Crippen LogP) is 3.83. The van der Waals surface area contributed by atoms with Crippen molar-refractivity contribution in [3.05, 3.63) is 46.8 Å². The minimum Gasteiger partial charge on any atom is -0.497 e. The van der Waals surface area contributed by atoms with Crippen molar-refractivity contribution in [3.8, 4) is 17.2 Å². The van der Waals surface area contributed by atoms with Crippen LogP contribution in [0.4, 0.5) is 0 Å². The van der Waals surface area contributed by atoms with Gasteiger partial charge in [-0.2, -0.15) is 16.8 Å². The van der Waals surface area contributed by atoms with E-state index >= 15 is 0 Å². The van der Waals surface area contributed by atoms with E-state index in [4.69, 9.17) is 14.2 Å². The van der Waals surface area contributed by atoms with Crippen molar-refractivity contribution in [2.45, 2.75) is 6.54 Å². The van der Waals surface area contributed by atoms with Gasteiger partial charge in [0, 0.05) is 12.3 Å². The lowest BCUT2D eigenvalue weighted by atomic mass is 10.2. The second kappa shape index (κ2) is 9.16. The Morgan fingerprint density at radius 3 is 2.46 bits per heavy atom. The average Bonchev–Trinajstić information content (AvgIpc) is 3.07. The van der Waals surface area contributed by atoms with Crippen LogP contribution in [0.2, 0.25) is 0 Å². The highest BCUT2D eigenvalue weighted by Crippen LogP contribution is 2.26. The first-order chi connectivity index (χ1) is 13.6. The van der Waals surface area contributed by atoms with Crippen molar-refractivity contribution in [3.63, 3.8) is 0 Å². The van der Waals surface area contributed by atoms with Crippen LogP contribution in [0.15, 0.2) is 41.4 Å². The fraction of sp³-hybridized carbons (Fsp3) is 0.300. The average molecular weight is 419 g/mol. The van der Waals surface area contributed by atoms with Crippen molar-refractivity contribution in [1.82, 2.24) is 4.57 Å². The van der Waals surface area contributed by atoms with Gasteiger partial charge in [-0.05, 0) is 42.7 Å². The quantitative estimate of drug-likeness (QED) is 0.584. The summed E-state index contributed by atoms with van der Waals surface area (Å²) in [6.07, 6.45) is 2.06. The summed E-state index contributed by atoms with van der Waals surface area (Å²) in [7, 11) is 4.73. The third kappa shape index (κ3) is 4.18. The monoisotopic (exact) mass is 418 g/mol. The van der Waals surface area contributed by atoms with Crippen LogP contribution in [0.1, 0.15) is 10.4 Å². The van der Waals surface area contributed by atoms with Gasteiger partial charge < -0.3 is 18.8 Å². The Kier molecular flexibility index (Phi) is 6.64. The van der Waals surface area contributed by atoms with E-state index < -0.39 is 0 Å². The van der Waals surface area contributed by atoms with Gasteiger partial charge in [-0.3, -0.25) is 4.79 Å². The van der Waals surface area contributed by atoms with Gasteiger partial charge in [0.25, 0.3) is 5.91 Å². The highest BCUT2D eigenvalue weighted by molar-refractivity contribution is 7.98. The van der Waals surface area contributed by atoms with Crippen LogP contribution in [0.25, 0.3) is 10.2 Å². The summed E-state index contributed by atoms with van der Waals surface area (Å²) in [4.78, 5) is 18.0. The van der Waals surface area contributed by atoms with Crippen LogP contribution < -0.4 is 19.0 Å². The van der Waals surface area contributed by atoms with E-state index in [9.17, 15) is 4.79 Å². The highest BCUT2D eigenvalue weighted by Gasteiger charge is 2.15. The van der Waals surface area contributed by atoms with Crippen LogP contribution in [0, 0.1) is 0 Å². The summed E-state index contributed by atoms with van der Waals surface area (Å²) < 4.78 is 19.0. The first kappa shape index (κ1) is 20.3. The summed E-state index contributed by atoms with van der Waals surface area (Å²) in [5.41, 5.74) is 1.40. The molecule has 1 aromatic heterocycles. The molecule has 6 nitrogen and oxygen atoms in total. The molecule has 0 fully saturated rings. The van der Waals surface area contributed by atoms with Crippen LogP contribution >= 0.6 is 23.1 Å². The van der Waals surface area contributed by atoms with Crippen LogP contribution in [0.3, 0.4) is 0 Å². The van der Waals surface area contributed by atoms with E-state index in [2.05, 4.69) is 15.8 Å². The largest absolute Gasteiger partial charge is 0.497 e. The van der Waals surface area contributed by atoms with E-state index in [1.165, 1.54) is 18.4 Å². The molecular formula is C20H22N2O4S2. The molecule has 0 saturated carbocycles. The van der Waals surface area contributed by atoms with Crippen LogP contribution in [0.5, 0.6) is 17.2 Å². The first-order valence-corrected chi connectivity index (χ1v) is 10.8. The number of benzene rings is 2. The number of carbonyl (C=O) groups is 1. The maximum atomic E-state index is 12.9. The van der Waals surface area contributed by atoms with Gasteiger partial charge >= 0.3 is 0 Å². The van der Waals surface area contributed by atoms with Gasteiger partial charge in [0.2, 0.25) is 0 Å². The SMILES string of the molecule is COc1ccc(OC)c(C(=O)N=c2sc3cc(OC)ccc3n2CCSC)c1. The number of methoxy groups -OCH3 is 3. The molecule has 3 rings (SSSR count). The number of hydrogen-bond donors (Lipinski definition) is 0. The van der Waals surface area contributed by atoms with Gasteiger partial charge in [0.1, 0.15) is 17.2 Å². The maximum Gasteiger partial charge on any atom is 0.283 e. The molecule has 0 spiro atoms. The zero-order valence-electron chi connectivity index (χ0n) is 16.2. The standard InChI is InChI=1S/C20H22N2O4S2/c1-24-13-6-8-17(26-3)15(11-13)19(23)21-20-22(9-10-27-4)16-7-5-14(25-2)12-18(16)28-20/h5-8,11-12H,9-10H2,1-4H3. The first-order valence-electron chi connectivity index (χ1n) is 8.58. The molecule has 3 aromatic rings. The number of thioether (sulfide) groups is 1. The van der Waals surface area contributed by atoms with E-state index in [1.807, 2.05) is 18.2 Å². The number of aromatic nitrogens is 1. The van der Waals surface area contributed by atoms with E-state index in [1.54, 1.807) is 44.2 Å². The molecule has 1 heterocycles. The van der Waals surface area contributed by atoms with Crippen molar-refractivity contribution >= 4 is 39.2 Å². The number of aryl methyl sites for hydroxylation is 1. The highest BCUT2D eigenvalue weighted by atomic mass is 32.2. The van der Waals surface area contributed by atoms with E-state index in [-0.39, 0.29) is 5.91 Å². The van der Waals surface area contributed by atoms with Crippen molar-refractivity contribution < 1.29 is 19.0 Å². The number of carbonyl (C=O) groups excluding carboxylic acids is 1. The van der Waals surface area contributed by atoms with Gasteiger partial charge in [-0.15, -0.1) is 0 Å². The normalized spacial score (nSPS) is 11.6. The number of rotatable bonds is 7. The summed E-state index contributed by atoms with van der Waals surface area (Å²) in [6, 6.07) is 11.0. The van der Waals surface area contributed by atoms with Crippen molar-refractivity contribution in [1.29, 1.82) is 0 Å². The predicted molar refractivity (Wildman–Crippen MR) is 114 cm³/mol. The summed E-state index contributed by atoms with van der Waals surface area (Å²) in [5, 5.41) is 0. The van der Waals surface area contributed by atoms with Crippen LogP contribution in [-0.2, 0) is 6.54 Å². The van der Waals surface area contributed by atoms with Crippen molar-refractivity contribution in [2.75, 3.05) is 33.3 Å². The topological polar surface area (TPSA) is 62.1 Å². The fourth-order valence-corrected chi connectivity index (χ4v) is 4.24. The molecule has 2 aromatic carbocycles.